The van der Waals surface area contributed by atoms with Crippen molar-refractivity contribution in [2.45, 2.75) is 57.7 Å². The zero-order valence-electron chi connectivity index (χ0n) is 25.0. The number of guanidine groups is 1. The minimum atomic E-state index is -4.39. The van der Waals surface area contributed by atoms with E-state index in [4.69, 9.17) is 25.7 Å². The molecule has 17 nitrogen and oxygen atoms in total. The molecule has 1 heterocycles. The molecule has 1 aliphatic rings. The molecular formula is C26H42N8O9S. The summed E-state index contributed by atoms with van der Waals surface area (Å²) < 4.78 is 42.5. The van der Waals surface area contributed by atoms with E-state index in [2.05, 4.69) is 20.9 Å². The van der Waals surface area contributed by atoms with Crippen LogP contribution in [0, 0.1) is 0 Å². The van der Waals surface area contributed by atoms with Gasteiger partial charge in [-0.2, -0.15) is 4.31 Å². The van der Waals surface area contributed by atoms with Crippen LogP contribution in [0.4, 0.5) is 9.59 Å². The molecule has 0 fully saturated rings. The number of esters is 2. The van der Waals surface area contributed by atoms with E-state index in [1.54, 1.807) is 6.92 Å². The van der Waals surface area contributed by atoms with Gasteiger partial charge < -0.3 is 46.9 Å². The first-order valence-electron chi connectivity index (χ1n) is 14.1. The van der Waals surface area contributed by atoms with Crippen LogP contribution in [0.3, 0.4) is 0 Å². The predicted octanol–water partition coefficient (Wildman–Crippen LogP) is -0.467. The molecule has 0 radical (unpaired) electrons. The summed E-state index contributed by atoms with van der Waals surface area (Å²) in [5.74, 6) is -0.882. The van der Waals surface area contributed by atoms with Crippen LogP contribution in [0.15, 0.2) is 29.3 Å². The number of nitrogens with zero attached hydrogens (tertiary/aromatic N) is 2. The number of sulfonamides is 1. The van der Waals surface area contributed by atoms with Gasteiger partial charge in [0.05, 0.1) is 24.7 Å². The van der Waals surface area contributed by atoms with Crippen molar-refractivity contribution in [1.82, 2.24) is 25.6 Å². The van der Waals surface area contributed by atoms with Crippen LogP contribution in [0.1, 0.15) is 50.4 Å². The van der Waals surface area contributed by atoms with Gasteiger partial charge in [-0.15, -0.1) is 0 Å². The summed E-state index contributed by atoms with van der Waals surface area (Å²) in [5.41, 5.74) is 11.2. The SMILES string of the molecule is CCC(C)OC(=O)NCCN([C@H](N)CC(=O)OC(=O)c1ccc(OCCNC2=NCCCN2)cc1)S(=O)(=O)C(C)NC(N)=O. The highest BCUT2D eigenvalue weighted by molar-refractivity contribution is 7.89. The number of nitrogens with two attached hydrogens (primary N) is 2. The van der Waals surface area contributed by atoms with Gasteiger partial charge in [0, 0.05) is 26.2 Å². The number of ether oxygens (including phenoxy) is 3. The van der Waals surface area contributed by atoms with Crippen LogP contribution in [-0.4, -0.2) is 99.7 Å². The molecule has 246 valence electrons. The lowest BCUT2D eigenvalue weighted by molar-refractivity contribution is -0.138. The monoisotopic (exact) mass is 642 g/mol. The molecule has 2 unspecified atom stereocenters. The maximum Gasteiger partial charge on any atom is 0.407 e. The fourth-order valence-electron chi connectivity index (χ4n) is 3.69. The first kappa shape index (κ1) is 36.0. The maximum absolute atomic E-state index is 13.1. The van der Waals surface area contributed by atoms with Crippen molar-refractivity contribution in [3.8, 4) is 5.75 Å². The van der Waals surface area contributed by atoms with E-state index in [-0.39, 0.29) is 18.2 Å². The van der Waals surface area contributed by atoms with Crippen molar-refractivity contribution in [2.75, 3.05) is 39.3 Å². The lowest BCUT2D eigenvalue weighted by Gasteiger charge is -2.30. The van der Waals surface area contributed by atoms with Crippen LogP contribution < -0.4 is 37.5 Å². The average molecular weight is 643 g/mol. The topological polar surface area (TPSA) is 246 Å². The second kappa shape index (κ2) is 17.8. The van der Waals surface area contributed by atoms with Gasteiger partial charge in [-0.25, -0.2) is 22.8 Å². The van der Waals surface area contributed by atoms with Gasteiger partial charge in [0.2, 0.25) is 10.0 Å². The van der Waals surface area contributed by atoms with Crippen molar-refractivity contribution in [3.63, 3.8) is 0 Å². The second-order valence-corrected chi connectivity index (χ2v) is 11.9. The van der Waals surface area contributed by atoms with Crippen LogP contribution in [0.5, 0.6) is 5.75 Å². The summed E-state index contributed by atoms with van der Waals surface area (Å²) in [6.07, 6.45) is -1.84. The Labute approximate surface area is 256 Å². The Morgan fingerprint density at radius 3 is 2.45 bits per heavy atom. The fraction of sp³-hybridized carbons (Fsp3) is 0.577. The third-order valence-electron chi connectivity index (χ3n) is 6.21. The van der Waals surface area contributed by atoms with Gasteiger partial charge in [0.1, 0.15) is 23.8 Å². The summed E-state index contributed by atoms with van der Waals surface area (Å²) in [5, 5.41) is 9.17. The number of primary amides is 1. The molecule has 1 aromatic carbocycles. The van der Waals surface area contributed by atoms with E-state index in [0.717, 1.165) is 32.4 Å². The van der Waals surface area contributed by atoms with Crippen LogP contribution in [-0.2, 0) is 24.3 Å². The number of rotatable bonds is 16. The Morgan fingerprint density at radius 1 is 1.14 bits per heavy atom. The third-order valence-corrected chi connectivity index (χ3v) is 8.33. The first-order valence-corrected chi connectivity index (χ1v) is 15.6. The zero-order chi connectivity index (χ0) is 32.7. The molecule has 0 aromatic heterocycles. The Balaban J connectivity index is 1.94. The largest absolute Gasteiger partial charge is 0.492 e. The molecule has 0 spiro atoms. The van der Waals surface area contributed by atoms with Gasteiger partial charge in [-0.3, -0.25) is 9.79 Å². The number of alkyl carbamates (subject to hydrolysis) is 1. The smallest absolute Gasteiger partial charge is 0.407 e. The number of aliphatic imine (C=N–C) groups is 1. The van der Waals surface area contributed by atoms with Crippen LogP contribution >= 0.6 is 0 Å². The molecule has 3 atom stereocenters. The maximum atomic E-state index is 13.1. The second-order valence-electron chi connectivity index (χ2n) is 9.70. The van der Waals surface area contributed by atoms with Crippen LogP contribution in [0.25, 0.3) is 0 Å². The number of hydrogen-bond acceptors (Lipinski definition) is 13. The van der Waals surface area contributed by atoms with Gasteiger partial charge in [-0.1, -0.05) is 6.92 Å². The summed E-state index contributed by atoms with van der Waals surface area (Å²) in [6.45, 7) is 6.48. The van der Waals surface area contributed by atoms with Crippen LogP contribution in [0.2, 0.25) is 0 Å². The highest BCUT2D eigenvalue weighted by Crippen LogP contribution is 2.15. The first-order chi connectivity index (χ1) is 20.8. The summed E-state index contributed by atoms with van der Waals surface area (Å²) in [6, 6.07) is 4.77. The number of carbonyl (C=O) groups is 4. The normalized spacial score (nSPS) is 15.1. The predicted molar refractivity (Wildman–Crippen MR) is 160 cm³/mol. The number of urea groups is 1. The number of hydrogen-bond donors (Lipinski definition) is 6. The van der Waals surface area contributed by atoms with Gasteiger partial charge in [0.25, 0.3) is 0 Å². The Hall–Kier alpha value is -4.16. The van der Waals surface area contributed by atoms with E-state index in [1.807, 2.05) is 12.2 Å². The third kappa shape index (κ3) is 12.2. The molecule has 1 aromatic rings. The molecule has 44 heavy (non-hydrogen) atoms. The number of carbonyl (C=O) groups excluding carboxylic acids is 4. The molecule has 0 saturated heterocycles. The van der Waals surface area contributed by atoms with Crippen molar-refractivity contribution in [3.05, 3.63) is 29.8 Å². The van der Waals surface area contributed by atoms with Crippen molar-refractivity contribution in [2.24, 2.45) is 16.5 Å². The van der Waals surface area contributed by atoms with E-state index in [9.17, 15) is 27.6 Å². The Morgan fingerprint density at radius 2 is 1.84 bits per heavy atom. The molecule has 3 amide bonds. The highest BCUT2D eigenvalue weighted by Gasteiger charge is 2.35. The van der Waals surface area contributed by atoms with Crippen molar-refractivity contribution < 1.29 is 41.8 Å². The Kier molecular flexibility index (Phi) is 14.6. The van der Waals surface area contributed by atoms with E-state index < -0.39 is 58.6 Å². The van der Waals surface area contributed by atoms with Gasteiger partial charge in [-0.05, 0) is 51.0 Å². The van der Waals surface area contributed by atoms with E-state index in [0.29, 0.717) is 29.6 Å². The minimum Gasteiger partial charge on any atom is -0.492 e. The fourth-order valence-corrected chi connectivity index (χ4v) is 5.16. The molecule has 0 saturated carbocycles. The van der Waals surface area contributed by atoms with E-state index in [1.165, 1.54) is 24.3 Å². The van der Waals surface area contributed by atoms with Gasteiger partial charge >= 0.3 is 24.1 Å². The average Bonchev–Trinajstić information content (AvgIpc) is 2.97. The molecule has 18 heteroatoms. The minimum absolute atomic E-state index is 0.0472. The molecule has 2 rings (SSSR count). The van der Waals surface area contributed by atoms with Gasteiger partial charge in [0.15, 0.2) is 5.96 Å². The molecule has 8 N–H and O–H groups in total. The quantitative estimate of drug-likeness (QED) is 0.0580. The van der Waals surface area contributed by atoms with E-state index >= 15 is 0 Å². The van der Waals surface area contributed by atoms with Crippen molar-refractivity contribution in [1.29, 1.82) is 0 Å². The number of nitrogens with one attached hydrogen (secondary N) is 4. The lowest BCUT2D eigenvalue weighted by atomic mass is 10.2. The number of benzene rings is 1. The summed E-state index contributed by atoms with van der Waals surface area (Å²) in [7, 11) is -4.39. The molecule has 1 aliphatic heterocycles. The van der Waals surface area contributed by atoms with Crippen molar-refractivity contribution >= 4 is 40.0 Å². The highest BCUT2D eigenvalue weighted by atomic mass is 32.2. The molecule has 0 bridgehead atoms. The summed E-state index contributed by atoms with van der Waals surface area (Å²) in [4.78, 5) is 52.6. The zero-order valence-corrected chi connectivity index (χ0v) is 25.9. The Bertz CT molecular complexity index is 1260. The molecular weight excluding hydrogens is 600 g/mol. The molecule has 0 aliphatic carbocycles. The lowest BCUT2D eigenvalue weighted by Crippen LogP contribution is -2.56. The standard InChI is InChI=1S/C26H42N8O9S/c1-4-17(2)42-26(38)32-12-14-34(44(39,40)18(3)33-24(28)37)21(27)16-22(35)43-23(36)19-6-8-20(9-7-19)41-15-13-31-25-29-10-5-11-30-25/h6-9,17-18,21H,4-5,10-16,27H2,1-3H3,(H,32,38)(H3,28,33,37)(H2,29,30,31)/t17?,18?,21-/m0/s1. The summed E-state index contributed by atoms with van der Waals surface area (Å²) >= 11 is 0. The number of amides is 3.